The van der Waals surface area contributed by atoms with Crippen molar-refractivity contribution in [1.29, 1.82) is 0 Å². The van der Waals surface area contributed by atoms with Crippen LogP contribution in [-0.2, 0) is 67.1 Å². The van der Waals surface area contributed by atoms with Crippen molar-refractivity contribution in [2.45, 2.75) is 282 Å². The van der Waals surface area contributed by atoms with Crippen molar-refractivity contribution in [3.8, 4) is 0 Å². The summed E-state index contributed by atoms with van der Waals surface area (Å²) in [4.78, 5) is 191. The van der Waals surface area contributed by atoms with Gasteiger partial charge in [-0.15, -0.1) is 0 Å². The van der Waals surface area contributed by atoms with Crippen molar-refractivity contribution in [2.24, 2.45) is 23.3 Å². The molecule has 0 aliphatic carbocycles. The van der Waals surface area contributed by atoms with Gasteiger partial charge in [-0.25, -0.2) is 4.79 Å². The van der Waals surface area contributed by atoms with Gasteiger partial charge in [-0.05, 0) is 130 Å². The summed E-state index contributed by atoms with van der Waals surface area (Å²) in [5, 5.41) is 75.7. The van der Waals surface area contributed by atoms with E-state index >= 15 is 0 Å². The zero-order chi connectivity index (χ0) is 73.9. The molecule has 0 aromatic heterocycles. The van der Waals surface area contributed by atoms with E-state index in [9.17, 15) is 92.7 Å². The lowest BCUT2D eigenvalue weighted by Gasteiger charge is -2.32. The lowest BCUT2D eigenvalue weighted by molar-refractivity contribution is -0.147. The molecule has 2 aliphatic rings. The molecule has 19 N–H and O–H groups in total. The highest BCUT2D eigenvalue weighted by molar-refractivity contribution is 6.00. The molecule has 33 nitrogen and oxygen atoms in total. The molecule has 33 heteroatoms. The molecule has 2 aliphatic heterocycles. The number of amides is 12. The number of nitrogens with two attached hydrogens (primary N) is 2. The van der Waals surface area contributed by atoms with Gasteiger partial charge in [0.15, 0.2) is 0 Å². The van der Waals surface area contributed by atoms with Gasteiger partial charge in [-0.2, -0.15) is 0 Å². The first kappa shape index (κ1) is 86.5. The fraction of sp³-hybridized carbons (Fsp3) is 0.785. The molecule has 0 aromatic carbocycles. The van der Waals surface area contributed by atoms with Crippen LogP contribution < -0.4 is 64.6 Å². The largest absolute Gasteiger partial charge is 0.481 e. The van der Waals surface area contributed by atoms with E-state index in [2.05, 4.69) is 60.1 Å². The molecule has 0 unspecified atom stereocenters. The molecular formula is C65H114N14O19. The molecule has 0 saturated carbocycles. The molecule has 2 heterocycles. The SMILES string of the molecule is CCCCCCCCCC(=O)N[C@@H](CC(C)C)C(=O)N[C@H](C(=O)N1CCC[C@H]1C(=O)N[C@H](C(=O)N[C@@H](C)C(=O)N[C@@H](CCCCN)C(=O)N[C@@H](C)C(=O)N1CCC[C@H]1C(=O)N[C@@H](CO)C(=O)N[C@@H](CCCCN)C(=O)N[C@H](C(=O)N[C@@H](CC(=O)O)C(=O)O)[C@@H](C)CC)[C@@H](C)O)[C@@H](C)O. The highest BCUT2D eigenvalue weighted by Crippen LogP contribution is 2.22. The van der Waals surface area contributed by atoms with Crippen LogP contribution in [0.2, 0.25) is 0 Å². The Morgan fingerprint density at radius 3 is 1.42 bits per heavy atom. The maximum absolute atomic E-state index is 14.2. The van der Waals surface area contributed by atoms with Gasteiger partial charge in [0.05, 0.1) is 25.2 Å². The van der Waals surface area contributed by atoms with Crippen LogP contribution in [0.4, 0.5) is 0 Å². The molecule has 2 fully saturated rings. The van der Waals surface area contributed by atoms with Crippen LogP contribution >= 0.6 is 0 Å². The number of carboxylic acid groups (broad SMARTS) is 2. The van der Waals surface area contributed by atoms with Crippen LogP contribution in [0, 0.1) is 11.8 Å². The molecule has 2 rings (SSSR count). The number of nitrogens with one attached hydrogen (secondary N) is 10. The van der Waals surface area contributed by atoms with Gasteiger partial charge in [-0.3, -0.25) is 62.3 Å². The summed E-state index contributed by atoms with van der Waals surface area (Å²) in [6, 6.07) is -17.1. The van der Waals surface area contributed by atoms with Crippen molar-refractivity contribution >= 4 is 82.8 Å². The Morgan fingerprint density at radius 1 is 0.459 bits per heavy atom. The molecule has 2 saturated heterocycles. The second kappa shape index (κ2) is 45.1. The molecule has 0 bridgehead atoms. The maximum Gasteiger partial charge on any atom is 0.326 e. The molecule has 0 spiro atoms. The number of likely N-dealkylation sites (tertiary alicyclic amines) is 2. The van der Waals surface area contributed by atoms with E-state index in [4.69, 9.17) is 11.5 Å². The first-order valence-corrected chi connectivity index (χ1v) is 34.7. The van der Waals surface area contributed by atoms with E-state index in [1.807, 2.05) is 13.8 Å². The first-order valence-electron chi connectivity index (χ1n) is 34.7. The molecule has 0 radical (unpaired) electrons. The van der Waals surface area contributed by atoms with Crippen LogP contribution in [0.3, 0.4) is 0 Å². The zero-order valence-corrected chi connectivity index (χ0v) is 58.6. The molecule has 0 aromatic rings. The lowest BCUT2D eigenvalue weighted by atomic mass is 9.96. The van der Waals surface area contributed by atoms with Gasteiger partial charge in [-0.1, -0.05) is 79.6 Å². The Morgan fingerprint density at radius 2 is 0.918 bits per heavy atom. The summed E-state index contributed by atoms with van der Waals surface area (Å²) < 4.78 is 0. The topological polar surface area (TPSA) is 519 Å². The molecule has 12 amide bonds. The van der Waals surface area contributed by atoms with E-state index in [1.54, 1.807) is 13.8 Å². The van der Waals surface area contributed by atoms with Crippen molar-refractivity contribution in [3.63, 3.8) is 0 Å². The summed E-state index contributed by atoms with van der Waals surface area (Å²) in [5.74, 6) is -13.8. The molecule has 15 atom stereocenters. The van der Waals surface area contributed by atoms with E-state index in [1.165, 1.54) is 32.6 Å². The Labute approximate surface area is 574 Å². The first-order chi connectivity index (χ1) is 46.3. The molecular weight excluding hydrogens is 1280 g/mol. The van der Waals surface area contributed by atoms with E-state index in [-0.39, 0.29) is 82.9 Å². The Kier molecular flexibility index (Phi) is 39.8. The number of unbranched alkanes of at least 4 members (excludes halogenated alkanes) is 8. The number of hydrogen-bond donors (Lipinski definition) is 17. The van der Waals surface area contributed by atoms with Crippen LogP contribution in [0.1, 0.15) is 197 Å². The van der Waals surface area contributed by atoms with E-state index < -0.39 is 181 Å². The predicted octanol–water partition coefficient (Wildman–Crippen LogP) is -2.34. The number of aliphatic carboxylic acids is 2. The van der Waals surface area contributed by atoms with Crippen LogP contribution in [0.15, 0.2) is 0 Å². The quantitative estimate of drug-likeness (QED) is 0.0284. The lowest BCUT2D eigenvalue weighted by Crippen LogP contribution is -2.62. The third kappa shape index (κ3) is 29.4. The molecule has 98 heavy (non-hydrogen) atoms. The van der Waals surface area contributed by atoms with E-state index in [0.29, 0.717) is 44.9 Å². The predicted molar refractivity (Wildman–Crippen MR) is 358 cm³/mol. The van der Waals surface area contributed by atoms with Gasteiger partial charge in [0.25, 0.3) is 0 Å². The van der Waals surface area contributed by atoms with Crippen molar-refractivity contribution in [1.82, 2.24) is 63.0 Å². The second-order valence-electron chi connectivity index (χ2n) is 26.2. The van der Waals surface area contributed by atoms with Crippen molar-refractivity contribution in [3.05, 3.63) is 0 Å². The zero-order valence-electron chi connectivity index (χ0n) is 58.6. The van der Waals surface area contributed by atoms with Crippen molar-refractivity contribution < 1.29 is 92.7 Å². The summed E-state index contributed by atoms with van der Waals surface area (Å²) in [7, 11) is 0. The Hall–Kier alpha value is -7.62. The fourth-order valence-electron chi connectivity index (χ4n) is 11.4. The van der Waals surface area contributed by atoms with Crippen LogP contribution in [0.25, 0.3) is 0 Å². The smallest absolute Gasteiger partial charge is 0.326 e. The minimum absolute atomic E-state index is 0.00214. The van der Waals surface area contributed by atoms with Gasteiger partial charge >= 0.3 is 11.9 Å². The highest BCUT2D eigenvalue weighted by Gasteiger charge is 2.43. The summed E-state index contributed by atoms with van der Waals surface area (Å²) in [5.41, 5.74) is 11.4. The number of aliphatic hydroxyl groups is 3. The van der Waals surface area contributed by atoms with Gasteiger partial charge in [0.1, 0.15) is 72.5 Å². The number of carbonyl (C=O) groups excluding carboxylic acids is 12. The number of rotatable bonds is 47. The Bertz CT molecular complexity index is 2650. The standard InChI is InChI=1S/C65H114N14O19/c1-10-12-13-14-15-16-17-28-49(83)70-44(33-36(3)4)57(89)77-53(41(9)82)64(96)79-32-23-27-48(79)60(92)76-52(40(8)81)62(94)68-38(6)54(86)71-42(24-18-20-29-66)55(87)69-39(7)63(95)78-31-22-26-47(78)59(91)74-46(35-80)58(90)72-43(25-19-21-30-67)56(88)75-51(37(5)11-2)61(93)73-45(65(97)98)34-50(84)85/h36-48,51-53,80-82H,10-35,66-67H2,1-9H3,(H,68,94)(H,69,87)(H,70,83)(H,71,86)(H,72,90)(H,73,93)(H,74,91)(H,75,88)(H,76,92)(H,77,89)(H,84,85)(H,97,98)/t37-,38-,39-,40+,41+,42-,43-,44-,45-,46-,47-,48-,51-,52-,53-/m0/s1. The number of hydrogen-bond acceptors (Lipinski definition) is 19. The van der Waals surface area contributed by atoms with Crippen LogP contribution in [0.5, 0.6) is 0 Å². The third-order valence-corrected chi connectivity index (χ3v) is 17.4. The minimum atomic E-state index is -1.83. The highest BCUT2D eigenvalue weighted by atomic mass is 16.4. The fourth-order valence-corrected chi connectivity index (χ4v) is 11.4. The normalized spacial score (nSPS) is 18.4. The Balaban J connectivity index is 2.19. The van der Waals surface area contributed by atoms with Crippen LogP contribution in [-0.4, -0.2) is 236 Å². The third-order valence-electron chi connectivity index (χ3n) is 17.4. The minimum Gasteiger partial charge on any atom is -0.481 e. The summed E-state index contributed by atoms with van der Waals surface area (Å²) >= 11 is 0. The second-order valence-corrected chi connectivity index (χ2v) is 26.2. The average molecular weight is 1400 g/mol. The maximum atomic E-state index is 14.2. The van der Waals surface area contributed by atoms with Gasteiger partial charge in [0, 0.05) is 19.5 Å². The number of nitrogens with zero attached hydrogens (tertiary/aromatic N) is 2. The number of aliphatic hydroxyl groups excluding tert-OH is 3. The van der Waals surface area contributed by atoms with E-state index in [0.717, 1.165) is 43.4 Å². The monoisotopic (exact) mass is 1390 g/mol. The molecule has 558 valence electrons. The van der Waals surface area contributed by atoms with Gasteiger partial charge in [0.2, 0.25) is 70.9 Å². The number of carboxylic acids is 2. The van der Waals surface area contributed by atoms with Gasteiger partial charge < -0.3 is 100.0 Å². The summed E-state index contributed by atoms with van der Waals surface area (Å²) in [6.45, 7) is 13.7. The number of carbonyl (C=O) groups is 14. The average Bonchev–Trinajstić information content (AvgIpc) is 1.42. The summed E-state index contributed by atoms with van der Waals surface area (Å²) in [6.07, 6.45) is 5.90. The van der Waals surface area contributed by atoms with Crippen molar-refractivity contribution in [2.75, 3.05) is 32.8 Å².